The number of benzene rings is 3. The van der Waals surface area contributed by atoms with Crippen LogP contribution in [0.3, 0.4) is 0 Å². The molecule has 0 fully saturated rings. The summed E-state index contributed by atoms with van der Waals surface area (Å²) in [6.07, 6.45) is 0.319. The molecule has 1 N–H and O–H groups in total. The summed E-state index contributed by atoms with van der Waals surface area (Å²) in [5.41, 5.74) is 4.16. The molecule has 0 saturated heterocycles. The van der Waals surface area contributed by atoms with Crippen molar-refractivity contribution in [3.8, 4) is 11.1 Å². The van der Waals surface area contributed by atoms with Gasteiger partial charge in [-0.25, -0.2) is 4.79 Å². The smallest absolute Gasteiger partial charge is 0.328 e. The average molecular weight is 448 g/mol. The molecule has 3 aromatic carbocycles. The highest BCUT2D eigenvalue weighted by Crippen LogP contribution is 2.30. The molecule has 0 aliphatic rings. The van der Waals surface area contributed by atoms with E-state index >= 15 is 0 Å². The zero-order chi connectivity index (χ0) is 22.7. The molecule has 1 atom stereocenters. The molecule has 4 rings (SSSR count). The molecule has 0 spiro atoms. The van der Waals surface area contributed by atoms with Crippen LogP contribution >= 0.6 is 11.6 Å². The number of aryl methyl sites for hydroxylation is 1. The highest BCUT2D eigenvalue weighted by atomic mass is 35.5. The number of ether oxygens (including phenoxy) is 1. The molecule has 0 radical (unpaired) electrons. The first-order valence-corrected chi connectivity index (χ1v) is 10.6. The number of fused-ring (bicyclic) bond motifs is 1. The average Bonchev–Trinajstić information content (AvgIpc) is 3.15. The third-order valence-corrected chi connectivity index (χ3v) is 5.65. The van der Waals surface area contributed by atoms with Gasteiger partial charge in [-0.05, 0) is 41.8 Å². The number of hydrogen-bond donors (Lipinski definition) is 1. The first-order valence-electron chi connectivity index (χ1n) is 10.2. The predicted octanol–water partition coefficient (Wildman–Crippen LogP) is 5.58. The van der Waals surface area contributed by atoms with Crippen molar-refractivity contribution in [2.45, 2.75) is 19.4 Å². The van der Waals surface area contributed by atoms with E-state index in [9.17, 15) is 9.59 Å². The van der Waals surface area contributed by atoms with Crippen LogP contribution in [0.15, 0.2) is 77.2 Å². The van der Waals surface area contributed by atoms with Crippen molar-refractivity contribution in [2.75, 3.05) is 7.11 Å². The second-order valence-corrected chi connectivity index (χ2v) is 7.95. The number of furan rings is 1. The van der Waals surface area contributed by atoms with Gasteiger partial charge < -0.3 is 14.5 Å². The van der Waals surface area contributed by atoms with E-state index in [1.807, 2.05) is 79.7 Å². The molecule has 162 valence electrons. The maximum atomic E-state index is 13.0. The van der Waals surface area contributed by atoms with Crippen molar-refractivity contribution < 1.29 is 18.7 Å². The number of methoxy groups -OCH3 is 1. The van der Waals surface area contributed by atoms with Crippen molar-refractivity contribution >= 4 is 34.4 Å². The van der Waals surface area contributed by atoms with Gasteiger partial charge >= 0.3 is 5.97 Å². The Labute approximate surface area is 191 Å². The number of nitrogens with one attached hydrogen (secondary N) is 1. The molecule has 0 bridgehead atoms. The highest BCUT2D eigenvalue weighted by molar-refractivity contribution is 6.30. The van der Waals surface area contributed by atoms with Crippen molar-refractivity contribution in [2.24, 2.45) is 0 Å². The summed E-state index contributed by atoms with van der Waals surface area (Å²) in [7, 11) is 1.30. The molecule has 4 aromatic rings. The second-order valence-electron chi connectivity index (χ2n) is 7.51. The molecule has 0 saturated carbocycles. The van der Waals surface area contributed by atoms with E-state index in [1.165, 1.54) is 7.11 Å². The summed E-state index contributed by atoms with van der Waals surface area (Å²) in [5, 5.41) is 4.27. The van der Waals surface area contributed by atoms with Gasteiger partial charge in [0.25, 0.3) is 5.91 Å². The lowest BCUT2D eigenvalue weighted by Gasteiger charge is -2.16. The van der Waals surface area contributed by atoms with Crippen molar-refractivity contribution in [3.63, 3.8) is 0 Å². The zero-order valence-corrected chi connectivity index (χ0v) is 18.5. The summed E-state index contributed by atoms with van der Waals surface area (Å²) in [6, 6.07) is 21.9. The molecule has 0 aliphatic heterocycles. The molecular formula is C26H22ClNO4. The van der Waals surface area contributed by atoms with Gasteiger partial charge in [-0.3, -0.25) is 4.79 Å². The fraction of sp³-hybridized carbons (Fsp3) is 0.154. The Hall–Kier alpha value is -3.57. The Bertz CT molecular complexity index is 1260. The quantitative estimate of drug-likeness (QED) is 0.392. The largest absolute Gasteiger partial charge is 0.467 e. The highest BCUT2D eigenvalue weighted by Gasteiger charge is 2.26. The lowest BCUT2D eigenvalue weighted by atomic mass is 10.0. The summed E-state index contributed by atoms with van der Waals surface area (Å²) in [6.45, 7) is 1.83. The second kappa shape index (κ2) is 9.28. The lowest BCUT2D eigenvalue weighted by Crippen LogP contribution is -2.43. The minimum Gasteiger partial charge on any atom is -0.467 e. The van der Waals surface area contributed by atoms with Gasteiger partial charge in [0.2, 0.25) is 0 Å². The van der Waals surface area contributed by atoms with Crippen LogP contribution in [-0.4, -0.2) is 25.0 Å². The predicted molar refractivity (Wildman–Crippen MR) is 125 cm³/mol. The first kappa shape index (κ1) is 21.7. The Morgan fingerprint density at radius 2 is 1.69 bits per heavy atom. The fourth-order valence-corrected chi connectivity index (χ4v) is 3.80. The topological polar surface area (TPSA) is 68.5 Å². The number of carbonyl (C=O) groups is 2. The summed E-state index contributed by atoms with van der Waals surface area (Å²) < 4.78 is 10.8. The van der Waals surface area contributed by atoms with Gasteiger partial charge in [0.05, 0.1) is 7.11 Å². The molecule has 1 amide bonds. The van der Waals surface area contributed by atoms with Gasteiger partial charge in [0, 0.05) is 22.4 Å². The molecule has 1 unspecified atom stereocenters. The Kier molecular flexibility index (Phi) is 6.28. The number of amides is 1. The lowest BCUT2D eigenvalue weighted by molar-refractivity contribution is -0.142. The van der Waals surface area contributed by atoms with Crippen LogP contribution in [0, 0.1) is 6.92 Å². The van der Waals surface area contributed by atoms with Crippen LogP contribution in [0.5, 0.6) is 0 Å². The summed E-state index contributed by atoms with van der Waals surface area (Å²) >= 11 is 5.98. The van der Waals surface area contributed by atoms with E-state index in [0.29, 0.717) is 22.6 Å². The standard InChI is InChI=1S/C26H22ClNO4/c1-16-21-13-10-19(18-8-11-20(27)12-9-18)15-23(21)32-24(16)25(29)28-22(26(30)31-2)14-17-6-4-3-5-7-17/h3-13,15,22H,14H2,1-2H3,(H,28,29). The van der Waals surface area contributed by atoms with Gasteiger partial charge in [0.15, 0.2) is 5.76 Å². The van der Waals surface area contributed by atoms with Crippen LogP contribution in [0.1, 0.15) is 21.7 Å². The SMILES string of the molecule is COC(=O)C(Cc1ccccc1)NC(=O)c1oc2cc(-c3ccc(Cl)cc3)ccc2c1C. The van der Waals surface area contributed by atoms with Gasteiger partial charge in [-0.15, -0.1) is 0 Å². The first-order chi connectivity index (χ1) is 15.5. The maximum Gasteiger partial charge on any atom is 0.328 e. The normalized spacial score (nSPS) is 11.8. The number of halogens is 1. The summed E-state index contributed by atoms with van der Waals surface area (Å²) in [4.78, 5) is 25.3. The van der Waals surface area contributed by atoms with E-state index in [-0.39, 0.29) is 5.76 Å². The molecule has 32 heavy (non-hydrogen) atoms. The molecule has 1 heterocycles. The van der Waals surface area contributed by atoms with E-state index in [4.69, 9.17) is 20.8 Å². The van der Waals surface area contributed by atoms with E-state index in [1.54, 1.807) is 0 Å². The molecular weight excluding hydrogens is 426 g/mol. The number of hydrogen-bond acceptors (Lipinski definition) is 4. The number of esters is 1. The van der Waals surface area contributed by atoms with Crippen LogP contribution in [0.2, 0.25) is 5.02 Å². The van der Waals surface area contributed by atoms with Crippen LogP contribution in [0.25, 0.3) is 22.1 Å². The van der Waals surface area contributed by atoms with Crippen LogP contribution in [0.4, 0.5) is 0 Å². The third-order valence-electron chi connectivity index (χ3n) is 5.40. The molecule has 0 aliphatic carbocycles. The van der Waals surface area contributed by atoms with Crippen LogP contribution < -0.4 is 5.32 Å². The van der Waals surface area contributed by atoms with Crippen LogP contribution in [-0.2, 0) is 16.0 Å². The van der Waals surface area contributed by atoms with Crippen molar-refractivity contribution in [1.29, 1.82) is 0 Å². The molecule has 6 heteroatoms. The van der Waals surface area contributed by atoms with Crippen molar-refractivity contribution in [3.05, 3.63) is 94.7 Å². The Morgan fingerprint density at radius 1 is 1.00 bits per heavy atom. The van der Waals surface area contributed by atoms with Gasteiger partial charge in [0.1, 0.15) is 11.6 Å². The summed E-state index contributed by atoms with van der Waals surface area (Å²) in [5.74, 6) is -0.797. The minimum absolute atomic E-state index is 0.176. The Morgan fingerprint density at radius 3 is 2.38 bits per heavy atom. The number of rotatable bonds is 6. The molecule has 1 aromatic heterocycles. The zero-order valence-electron chi connectivity index (χ0n) is 17.7. The minimum atomic E-state index is -0.827. The monoisotopic (exact) mass is 447 g/mol. The fourth-order valence-electron chi connectivity index (χ4n) is 3.67. The van der Waals surface area contributed by atoms with Gasteiger partial charge in [-0.2, -0.15) is 0 Å². The van der Waals surface area contributed by atoms with E-state index < -0.39 is 17.9 Å². The Balaban J connectivity index is 1.61. The van der Waals surface area contributed by atoms with E-state index in [0.717, 1.165) is 22.1 Å². The van der Waals surface area contributed by atoms with E-state index in [2.05, 4.69) is 5.32 Å². The maximum absolute atomic E-state index is 13.0. The number of carbonyl (C=O) groups excluding carboxylic acids is 2. The van der Waals surface area contributed by atoms with Gasteiger partial charge in [-0.1, -0.05) is 66.2 Å². The third kappa shape index (κ3) is 4.53. The van der Waals surface area contributed by atoms with Crippen molar-refractivity contribution in [1.82, 2.24) is 5.32 Å². The molecule has 5 nitrogen and oxygen atoms in total.